The first-order chi connectivity index (χ1) is 11.5. The van der Waals surface area contributed by atoms with Crippen LogP contribution in [0.2, 0.25) is 0 Å². The van der Waals surface area contributed by atoms with Crippen molar-refractivity contribution >= 4 is 17.7 Å². The highest BCUT2D eigenvalue weighted by atomic mass is 32.2. The fourth-order valence-electron chi connectivity index (χ4n) is 3.33. The van der Waals surface area contributed by atoms with Gasteiger partial charge in [-0.05, 0) is 48.1 Å². The Balaban J connectivity index is 2.12. The molecule has 2 aromatic rings. The molecule has 0 saturated carbocycles. The van der Waals surface area contributed by atoms with Crippen LogP contribution in [-0.4, -0.2) is 35.8 Å². The van der Waals surface area contributed by atoms with Crippen LogP contribution in [0.1, 0.15) is 17.5 Å². The Morgan fingerprint density at radius 3 is 2.12 bits per heavy atom. The maximum atomic E-state index is 13.3. The highest BCUT2D eigenvalue weighted by Gasteiger charge is 2.48. The SMILES string of the molecule is CSc1ccc(C(O)(c2ccc(F)cc2)C2CCN(C)C2=O)cc1. The molecule has 126 valence electrons. The number of thioether (sulfide) groups is 1. The topological polar surface area (TPSA) is 40.5 Å². The average molecular weight is 345 g/mol. The van der Waals surface area contributed by atoms with Gasteiger partial charge in [0, 0.05) is 18.5 Å². The summed E-state index contributed by atoms with van der Waals surface area (Å²) in [5, 5.41) is 11.6. The van der Waals surface area contributed by atoms with Gasteiger partial charge in [-0.15, -0.1) is 11.8 Å². The Bertz CT molecular complexity index is 732. The van der Waals surface area contributed by atoms with Crippen LogP contribution in [0.15, 0.2) is 53.4 Å². The Morgan fingerprint density at radius 1 is 1.12 bits per heavy atom. The van der Waals surface area contributed by atoms with E-state index in [-0.39, 0.29) is 11.7 Å². The number of carbonyl (C=O) groups excluding carboxylic acids is 1. The molecule has 0 spiro atoms. The molecular weight excluding hydrogens is 325 g/mol. The Labute approximate surface area is 145 Å². The number of hydrogen-bond donors (Lipinski definition) is 1. The van der Waals surface area contributed by atoms with Gasteiger partial charge in [-0.2, -0.15) is 0 Å². The molecule has 2 unspecified atom stereocenters. The van der Waals surface area contributed by atoms with Gasteiger partial charge in [-0.3, -0.25) is 4.79 Å². The molecule has 1 fully saturated rings. The first kappa shape index (κ1) is 17.0. The third kappa shape index (κ3) is 2.82. The monoisotopic (exact) mass is 345 g/mol. The van der Waals surface area contributed by atoms with Crippen molar-refractivity contribution in [2.24, 2.45) is 5.92 Å². The lowest BCUT2D eigenvalue weighted by Crippen LogP contribution is -2.41. The molecule has 1 aliphatic rings. The lowest BCUT2D eigenvalue weighted by Gasteiger charge is -2.34. The smallest absolute Gasteiger partial charge is 0.229 e. The zero-order valence-electron chi connectivity index (χ0n) is 13.7. The Kier molecular flexibility index (Phi) is 4.65. The number of aliphatic hydroxyl groups is 1. The molecule has 0 aliphatic carbocycles. The normalized spacial score (nSPS) is 20.2. The Hall–Kier alpha value is -1.85. The number of likely N-dealkylation sites (tertiary alicyclic amines) is 1. The van der Waals surface area contributed by atoms with E-state index in [9.17, 15) is 14.3 Å². The molecule has 3 rings (SSSR count). The van der Waals surface area contributed by atoms with Crippen LogP contribution in [0.4, 0.5) is 4.39 Å². The minimum Gasteiger partial charge on any atom is -0.380 e. The van der Waals surface area contributed by atoms with Gasteiger partial charge < -0.3 is 10.0 Å². The van der Waals surface area contributed by atoms with Crippen LogP contribution in [-0.2, 0) is 10.4 Å². The molecule has 1 heterocycles. The van der Waals surface area contributed by atoms with E-state index in [4.69, 9.17) is 0 Å². The third-order valence-electron chi connectivity index (χ3n) is 4.75. The van der Waals surface area contributed by atoms with Gasteiger partial charge in [-0.1, -0.05) is 24.3 Å². The Morgan fingerprint density at radius 2 is 1.67 bits per heavy atom. The largest absolute Gasteiger partial charge is 0.380 e. The minimum absolute atomic E-state index is 0.0873. The molecule has 2 atom stereocenters. The van der Waals surface area contributed by atoms with E-state index >= 15 is 0 Å². The molecule has 2 aromatic carbocycles. The van der Waals surface area contributed by atoms with Gasteiger partial charge in [0.05, 0.1) is 5.92 Å². The molecule has 5 heteroatoms. The van der Waals surface area contributed by atoms with E-state index in [0.717, 1.165) is 4.90 Å². The average Bonchev–Trinajstić information content (AvgIpc) is 2.94. The summed E-state index contributed by atoms with van der Waals surface area (Å²) >= 11 is 1.61. The van der Waals surface area contributed by atoms with Gasteiger partial charge in [0.15, 0.2) is 0 Å². The van der Waals surface area contributed by atoms with Crippen molar-refractivity contribution in [2.75, 3.05) is 19.8 Å². The fraction of sp³-hybridized carbons (Fsp3) is 0.316. The predicted molar refractivity (Wildman–Crippen MR) is 93.4 cm³/mol. The van der Waals surface area contributed by atoms with Gasteiger partial charge in [0.1, 0.15) is 11.4 Å². The maximum Gasteiger partial charge on any atom is 0.229 e. The first-order valence-electron chi connectivity index (χ1n) is 7.84. The van der Waals surface area contributed by atoms with E-state index in [1.165, 1.54) is 12.1 Å². The summed E-state index contributed by atoms with van der Waals surface area (Å²) in [4.78, 5) is 15.3. The highest BCUT2D eigenvalue weighted by Crippen LogP contribution is 2.42. The first-order valence-corrected chi connectivity index (χ1v) is 9.07. The van der Waals surface area contributed by atoms with E-state index in [1.54, 1.807) is 35.8 Å². The molecule has 0 bridgehead atoms. The number of nitrogens with zero attached hydrogens (tertiary/aromatic N) is 1. The van der Waals surface area contributed by atoms with E-state index in [1.807, 2.05) is 30.5 Å². The predicted octanol–water partition coefficient (Wildman–Crippen LogP) is 3.26. The summed E-state index contributed by atoms with van der Waals surface area (Å²) in [6.45, 7) is 0.607. The van der Waals surface area contributed by atoms with Crippen molar-refractivity contribution in [2.45, 2.75) is 16.9 Å². The third-order valence-corrected chi connectivity index (χ3v) is 5.49. The van der Waals surface area contributed by atoms with Crippen LogP contribution in [0.5, 0.6) is 0 Å². The molecule has 0 radical (unpaired) electrons. The number of hydrogen-bond acceptors (Lipinski definition) is 3. The molecule has 3 nitrogen and oxygen atoms in total. The summed E-state index contributed by atoms with van der Waals surface area (Å²) in [5.74, 6) is -1.03. The van der Waals surface area contributed by atoms with Crippen LogP contribution in [0, 0.1) is 11.7 Å². The second kappa shape index (κ2) is 6.57. The fourth-order valence-corrected chi connectivity index (χ4v) is 3.74. The van der Waals surface area contributed by atoms with E-state index in [0.29, 0.717) is 24.1 Å². The van der Waals surface area contributed by atoms with Crippen molar-refractivity contribution in [3.63, 3.8) is 0 Å². The zero-order chi connectivity index (χ0) is 17.3. The molecule has 24 heavy (non-hydrogen) atoms. The number of halogens is 1. The molecule has 1 amide bonds. The zero-order valence-corrected chi connectivity index (χ0v) is 14.5. The number of amides is 1. The number of carbonyl (C=O) groups is 1. The summed E-state index contributed by atoms with van der Waals surface area (Å²) in [6, 6.07) is 13.3. The lowest BCUT2D eigenvalue weighted by molar-refractivity contribution is -0.136. The van der Waals surface area contributed by atoms with Gasteiger partial charge in [-0.25, -0.2) is 4.39 Å². The summed E-state index contributed by atoms with van der Waals surface area (Å²) in [5.41, 5.74) is -0.276. The molecule has 0 aromatic heterocycles. The van der Waals surface area contributed by atoms with Crippen molar-refractivity contribution in [3.05, 3.63) is 65.5 Å². The van der Waals surface area contributed by atoms with Crippen LogP contribution in [0.25, 0.3) is 0 Å². The molecular formula is C19H20FNO2S. The standard InChI is InChI=1S/C19H20FNO2S/c1-21-12-11-17(18(21)22)19(23,13-3-7-15(20)8-4-13)14-5-9-16(24-2)10-6-14/h3-10,17,23H,11-12H2,1-2H3. The molecule has 1 N–H and O–H groups in total. The van der Waals surface area contributed by atoms with Gasteiger partial charge in [0.2, 0.25) is 5.91 Å². The second-order valence-electron chi connectivity index (χ2n) is 6.10. The second-order valence-corrected chi connectivity index (χ2v) is 6.98. The summed E-state index contributed by atoms with van der Waals surface area (Å²) < 4.78 is 13.3. The van der Waals surface area contributed by atoms with Crippen LogP contribution >= 0.6 is 11.8 Å². The van der Waals surface area contributed by atoms with Crippen LogP contribution < -0.4 is 0 Å². The van der Waals surface area contributed by atoms with E-state index < -0.39 is 11.5 Å². The number of benzene rings is 2. The van der Waals surface area contributed by atoms with Gasteiger partial charge >= 0.3 is 0 Å². The molecule has 1 saturated heterocycles. The minimum atomic E-state index is -1.47. The maximum absolute atomic E-state index is 13.3. The van der Waals surface area contributed by atoms with Crippen molar-refractivity contribution in [3.8, 4) is 0 Å². The summed E-state index contributed by atoms with van der Waals surface area (Å²) in [7, 11) is 1.74. The van der Waals surface area contributed by atoms with Crippen molar-refractivity contribution in [1.82, 2.24) is 4.90 Å². The lowest BCUT2D eigenvalue weighted by atomic mass is 9.75. The van der Waals surface area contributed by atoms with Crippen molar-refractivity contribution < 1.29 is 14.3 Å². The van der Waals surface area contributed by atoms with Gasteiger partial charge in [0.25, 0.3) is 0 Å². The highest BCUT2D eigenvalue weighted by molar-refractivity contribution is 7.98. The van der Waals surface area contributed by atoms with Crippen molar-refractivity contribution in [1.29, 1.82) is 0 Å². The molecule has 1 aliphatic heterocycles. The van der Waals surface area contributed by atoms with E-state index in [2.05, 4.69) is 0 Å². The quantitative estimate of drug-likeness (QED) is 0.865. The summed E-state index contributed by atoms with van der Waals surface area (Å²) in [6.07, 6.45) is 2.55. The number of rotatable bonds is 4. The van der Waals surface area contributed by atoms with Crippen LogP contribution in [0.3, 0.4) is 0 Å².